The second-order valence-corrected chi connectivity index (χ2v) is 14.4. The number of guanidine groups is 1. The molecule has 0 spiro atoms. The predicted molar refractivity (Wildman–Crippen MR) is 167 cm³/mol. The molecule has 5 rings (SSSR count). The molecular formula is C34H57N5O5+2. The Balaban J connectivity index is 1.39. The van der Waals surface area contributed by atoms with Crippen molar-refractivity contribution in [3.63, 3.8) is 0 Å². The molecule has 0 aromatic carbocycles. The van der Waals surface area contributed by atoms with Crippen molar-refractivity contribution in [1.82, 2.24) is 5.32 Å². The number of ketones is 2. The Morgan fingerprint density at radius 3 is 2.50 bits per heavy atom. The average molecular weight is 616 g/mol. The highest BCUT2D eigenvalue weighted by Crippen LogP contribution is 2.62. The summed E-state index contributed by atoms with van der Waals surface area (Å²) in [5, 5.41) is 5.61. The van der Waals surface area contributed by atoms with Gasteiger partial charge in [-0.2, -0.15) is 0 Å². The summed E-state index contributed by atoms with van der Waals surface area (Å²) in [7, 11) is 1.79. The number of piperidine rings is 1. The molecule has 0 aromatic heterocycles. The van der Waals surface area contributed by atoms with E-state index in [4.69, 9.17) is 20.9 Å². The first-order chi connectivity index (χ1) is 21.1. The topological polar surface area (TPSA) is 168 Å². The smallest absolute Gasteiger partial charge is 0.350 e. The first-order valence-electron chi connectivity index (χ1n) is 17.4. The molecule has 3 aliphatic carbocycles. The largest absolute Gasteiger partial charge is 0.457 e. The highest BCUT2D eigenvalue weighted by Gasteiger charge is 2.87. The van der Waals surface area contributed by atoms with Crippen molar-refractivity contribution >= 4 is 23.5 Å². The molecule has 0 bridgehead atoms. The van der Waals surface area contributed by atoms with Crippen LogP contribution in [0.4, 0.5) is 0 Å². The van der Waals surface area contributed by atoms with E-state index in [9.17, 15) is 14.4 Å². The van der Waals surface area contributed by atoms with Gasteiger partial charge in [0.25, 0.3) is 5.60 Å². The van der Waals surface area contributed by atoms with E-state index < -0.39 is 28.7 Å². The summed E-state index contributed by atoms with van der Waals surface area (Å²) in [6, 6.07) is 0.0579. The van der Waals surface area contributed by atoms with Crippen molar-refractivity contribution in [2.75, 3.05) is 13.6 Å². The molecule has 0 radical (unpaired) electrons. The van der Waals surface area contributed by atoms with E-state index >= 15 is 0 Å². The van der Waals surface area contributed by atoms with Crippen LogP contribution in [0.2, 0.25) is 0 Å². The van der Waals surface area contributed by atoms with Gasteiger partial charge in [0.15, 0.2) is 17.2 Å². The number of rotatable bonds is 12. The van der Waals surface area contributed by atoms with E-state index in [2.05, 4.69) is 22.5 Å². The van der Waals surface area contributed by atoms with Crippen molar-refractivity contribution in [3.05, 3.63) is 11.6 Å². The van der Waals surface area contributed by atoms with Gasteiger partial charge in [0.1, 0.15) is 11.8 Å². The molecule has 10 heteroatoms. The molecule has 10 nitrogen and oxygen atoms in total. The van der Waals surface area contributed by atoms with Gasteiger partial charge in [-0.3, -0.25) is 31.4 Å². The van der Waals surface area contributed by atoms with Crippen LogP contribution in [0.25, 0.3) is 0 Å². The maximum atomic E-state index is 14.2. The van der Waals surface area contributed by atoms with Crippen molar-refractivity contribution in [2.24, 2.45) is 29.2 Å². The van der Waals surface area contributed by atoms with Crippen molar-refractivity contribution in [1.29, 1.82) is 0 Å². The number of hydrogen-bond acceptors (Lipinski definition) is 6. The van der Waals surface area contributed by atoms with Crippen molar-refractivity contribution in [3.8, 4) is 0 Å². The van der Waals surface area contributed by atoms with Gasteiger partial charge in [-0.25, -0.2) is 4.79 Å². The predicted octanol–water partition coefficient (Wildman–Crippen LogP) is 0.857. The zero-order valence-electron chi connectivity index (χ0n) is 27.3. The number of ether oxygens (including phenoxy) is 2. The van der Waals surface area contributed by atoms with Crippen LogP contribution in [0, 0.1) is 17.8 Å². The summed E-state index contributed by atoms with van der Waals surface area (Å²) in [4.78, 5) is 45.7. The highest BCUT2D eigenvalue weighted by molar-refractivity contribution is 6.23. The fraction of sp³-hybridized carbons (Fsp3) is 0.824. The Morgan fingerprint density at radius 1 is 1.14 bits per heavy atom. The minimum Gasteiger partial charge on any atom is -0.457 e. The summed E-state index contributed by atoms with van der Waals surface area (Å²) in [6.07, 6.45) is 15.6. The second kappa shape index (κ2) is 13.6. The molecule has 7 unspecified atom stereocenters. The molecular weight excluding hydrogens is 558 g/mol. The zero-order chi connectivity index (χ0) is 31.5. The lowest BCUT2D eigenvalue weighted by molar-refractivity contribution is -0.699. The lowest BCUT2D eigenvalue weighted by Gasteiger charge is -2.38. The lowest BCUT2D eigenvalue weighted by Crippen LogP contribution is -2.95. The van der Waals surface area contributed by atoms with Crippen LogP contribution >= 0.6 is 0 Å². The number of esters is 1. The van der Waals surface area contributed by atoms with Crippen LogP contribution in [0.15, 0.2) is 11.6 Å². The summed E-state index contributed by atoms with van der Waals surface area (Å²) in [5.74, 6) is -0.900. The van der Waals surface area contributed by atoms with Crippen LogP contribution in [-0.2, 0) is 23.9 Å². The summed E-state index contributed by atoms with van der Waals surface area (Å²) in [5.41, 5.74) is 9.65. The van der Waals surface area contributed by atoms with Gasteiger partial charge in [0.05, 0.1) is 19.6 Å². The molecule has 5 aliphatic rings. The number of quaternary nitrogens is 1. The van der Waals surface area contributed by atoms with Gasteiger partial charge in [-0.1, -0.05) is 44.3 Å². The quantitative estimate of drug-likeness (QED) is 0.0410. The number of hydrogen-bond donors (Lipinski definition) is 5. The Bertz CT molecular complexity index is 1150. The van der Waals surface area contributed by atoms with E-state index in [-0.39, 0.29) is 36.1 Å². The van der Waals surface area contributed by atoms with Crippen molar-refractivity contribution < 1.29 is 34.2 Å². The van der Waals surface area contributed by atoms with Crippen LogP contribution in [0.3, 0.4) is 0 Å². The lowest BCUT2D eigenvalue weighted by atomic mass is 9.61. The van der Waals surface area contributed by atoms with Gasteiger partial charge in [0.2, 0.25) is 0 Å². The van der Waals surface area contributed by atoms with E-state index in [1.165, 1.54) is 0 Å². The number of nitrogens with one attached hydrogen (secondary N) is 2. The number of carbonyl (C=O) groups excluding carboxylic acids is 3. The molecule has 0 aromatic rings. The van der Waals surface area contributed by atoms with Gasteiger partial charge < -0.3 is 14.8 Å². The van der Waals surface area contributed by atoms with Gasteiger partial charge in [-0.15, -0.1) is 0 Å². The van der Waals surface area contributed by atoms with E-state index in [1.807, 2.05) is 13.0 Å². The molecule has 246 valence electrons. The third-order valence-electron chi connectivity index (χ3n) is 11.4. The number of fused-ring (bicyclic) bond motifs is 2. The molecule has 2 aliphatic heterocycles. The fourth-order valence-electron chi connectivity index (χ4n) is 8.82. The first kappa shape index (κ1) is 33.1. The molecule has 3 saturated carbocycles. The van der Waals surface area contributed by atoms with Gasteiger partial charge >= 0.3 is 11.9 Å². The molecule has 8 N–H and O–H groups in total. The molecule has 5 fully saturated rings. The Labute approximate surface area is 262 Å². The number of Topliss-reactive ketones (excluding diaryl/α,β-unsaturated/α-hetero) is 2. The maximum absolute atomic E-state index is 14.2. The van der Waals surface area contributed by atoms with Crippen LogP contribution in [0.1, 0.15) is 117 Å². The van der Waals surface area contributed by atoms with Crippen molar-refractivity contribution in [2.45, 2.75) is 146 Å². The monoisotopic (exact) mass is 615 g/mol. The van der Waals surface area contributed by atoms with Crippen LogP contribution in [-0.4, -0.2) is 66.1 Å². The zero-order valence-corrected chi connectivity index (χ0v) is 27.3. The highest BCUT2D eigenvalue weighted by atomic mass is 16.7. The first-order valence-corrected chi connectivity index (χ1v) is 17.4. The summed E-state index contributed by atoms with van der Waals surface area (Å²) >= 11 is 0. The Morgan fingerprint density at radius 2 is 1.84 bits per heavy atom. The molecule has 7 atom stereocenters. The normalized spacial score (nSPS) is 35.9. The van der Waals surface area contributed by atoms with Crippen LogP contribution < -0.4 is 27.1 Å². The number of carbonyl (C=O) groups is 3. The second-order valence-electron chi connectivity index (χ2n) is 14.4. The molecule has 44 heavy (non-hydrogen) atoms. The third-order valence-corrected chi connectivity index (χ3v) is 11.4. The minimum atomic E-state index is -1.81. The average Bonchev–Trinajstić information content (AvgIpc) is 3.54. The van der Waals surface area contributed by atoms with E-state index in [0.29, 0.717) is 31.1 Å². The van der Waals surface area contributed by atoms with E-state index in [0.717, 1.165) is 89.2 Å². The van der Waals surface area contributed by atoms with Crippen LogP contribution in [0.5, 0.6) is 0 Å². The standard InChI is InChI=1S/C34H55N5O5/c1-4-5-8-15-32(16-9-10-17-32)43-30(42)34-29(41)25-12-7-6-11-24(25)28(40)33(34,44-34)18-13-22(2)20-26(39-31(36)37-3)23-14-19-38-27(35)21-23/h13,23-27,38H,4-12,14-21,35H2,1-3H3,(H3,36,37,39)/p+2. The molecule has 0 amide bonds. The summed E-state index contributed by atoms with van der Waals surface area (Å²) in [6.45, 7) is 5.17. The van der Waals surface area contributed by atoms with Gasteiger partial charge in [0, 0.05) is 43.4 Å². The number of epoxide rings is 1. The van der Waals surface area contributed by atoms with E-state index in [1.54, 1.807) is 7.05 Å². The minimum absolute atomic E-state index is 0.0579. The molecule has 2 heterocycles. The Kier molecular flexibility index (Phi) is 10.2. The summed E-state index contributed by atoms with van der Waals surface area (Å²) < 4.78 is 12.7. The maximum Gasteiger partial charge on any atom is 0.350 e. The SMILES string of the molecule is CCCCCC1(OC(=O)C23OC2(CC=C(C)CC(NC(N)=[NH+]C)C2CC[NH2+]C(N)C2)C(=O)C2CCCCC2C3=O)CCCC1. The number of nitrogens with two attached hydrogens (primary N) is 3. The Hall–Kier alpha value is -2.30. The molecule has 2 saturated heterocycles. The number of unbranched alkanes of at least 4 members (excludes halogenated alkanes) is 2. The van der Waals surface area contributed by atoms with Gasteiger partial charge in [-0.05, 0) is 58.3 Å². The third kappa shape index (κ3) is 6.23. The fourth-order valence-corrected chi connectivity index (χ4v) is 8.82.